The molecule has 2 aromatic carbocycles. The van der Waals surface area contributed by atoms with E-state index in [1.165, 1.54) is 6.07 Å². The number of piperidine rings is 1. The van der Waals surface area contributed by atoms with Gasteiger partial charge < -0.3 is 10.2 Å². The molecule has 0 bridgehead atoms. The van der Waals surface area contributed by atoms with E-state index in [9.17, 15) is 14.0 Å². The highest BCUT2D eigenvalue weighted by atomic mass is 19.1. The van der Waals surface area contributed by atoms with Gasteiger partial charge in [-0.3, -0.25) is 9.59 Å². The lowest BCUT2D eigenvalue weighted by Crippen LogP contribution is -2.45. The molecule has 0 spiro atoms. The minimum absolute atomic E-state index is 0.0313. The summed E-state index contributed by atoms with van der Waals surface area (Å²) in [6.45, 7) is 3.01. The van der Waals surface area contributed by atoms with Gasteiger partial charge in [0, 0.05) is 31.6 Å². The highest BCUT2D eigenvalue weighted by molar-refractivity contribution is 5.83. The maximum atomic E-state index is 13.9. The van der Waals surface area contributed by atoms with Crippen molar-refractivity contribution in [2.24, 2.45) is 5.92 Å². The predicted octanol–water partition coefficient (Wildman–Crippen LogP) is 3.19. The number of halogens is 1. The van der Waals surface area contributed by atoms with Gasteiger partial charge in [0.25, 0.3) is 0 Å². The Balaban J connectivity index is 1.60. The average Bonchev–Trinajstić information content (AvgIpc) is 2.64. The number of hydrogen-bond donors (Lipinski definition) is 1. The van der Waals surface area contributed by atoms with E-state index < -0.39 is 0 Å². The fourth-order valence-electron chi connectivity index (χ4n) is 3.25. The van der Waals surface area contributed by atoms with Crippen molar-refractivity contribution in [1.82, 2.24) is 10.2 Å². The molecule has 1 fully saturated rings. The quantitative estimate of drug-likeness (QED) is 0.896. The van der Waals surface area contributed by atoms with E-state index in [0.29, 0.717) is 31.5 Å². The molecule has 1 N–H and O–H groups in total. The van der Waals surface area contributed by atoms with Crippen LogP contribution in [0.1, 0.15) is 29.5 Å². The van der Waals surface area contributed by atoms with Crippen LogP contribution in [0.4, 0.5) is 4.39 Å². The highest BCUT2D eigenvalue weighted by Crippen LogP contribution is 2.21. The van der Waals surface area contributed by atoms with Gasteiger partial charge in [-0.2, -0.15) is 0 Å². The van der Waals surface area contributed by atoms with E-state index in [1.54, 1.807) is 23.1 Å². The Bertz CT molecular complexity index is 806. The van der Waals surface area contributed by atoms with Crippen LogP contribution in [0.5, 0.6) is 0 Å². The van der Waals surface area contributed by atoms with Gasteiger partial charge in [0.15, 0.2) is 0 Å². The van der Waals surface area contributed by atoms with Gasteiger partial charge >= 0.3 is 0 Å². The standard InChI is InChI=1S/C21H23FN2O2/c1-15-6-2-3-7-16(15)12-23-21(26)18-10-11-20(25)24(14-18)13-17-8-4-5-9-19(17)22/h2-9,18H,10-14H2,1H3,(H,23,26). The lowest BCUT2D eigenvalue weighted by atomic mass is 9.96. The summed E-state index contributed by atoms with van der Waals surface area (Å²) in [5, 5.41) is 2.97. The molecule has 0 saturated carbocycles. The average molecular weight is 354 g/mol. The van der Waals surface area contributed by atoms with E-state index in [2.05, 4.69) is 5.32 Å². The molecule has 1 aliphatic rings. The first kappa shape index (κ1) is 18.1. The van der Waals surface area contributed by atoms with Crippen molar-refractivity contribution in [2.75, 3.05) is 6.54 Å². The summed E-state index contributed by atoms with van der Waals surface area (Å²) >= 11 is 0. The number of benzene rings is 2. The Morgan fingerprint density at radius 3 is 2.58 bits per heavy atom. The number of nitrogens with zero attached hydrogens (tertiary/aromatic N) is 1. The van der Waals surface area contributed by atoms with Gasteiger partial charge in [0.05, 0.1) is 5.92 Å². The van der Waals surface area contributed by atoms with Gasteiger partial charge in [-0.25, -0.2) is 4.39 Å². The summed E-state index contributed by atoms with van der Waals surface area (Å²) in [5.74, 6) is -0.676. The van der Waals surface area contributed by atoms with Crippen LogP contribution in [-0.2, 0) is 22.7 Å². The maximum absolute atomic E-state index is 13.9. The number of aryl methyl sites for hydroxylation is 1. The molecule has 1 unspecified atom stereocenters. The monoisotopic (exact) mass is 354 g/mol. The fraction of sp³-hybridized carbons (Fsp3) is 0.333. The second-order valence-electron chi connectivity index (χ2n) is 6.75. The van der Waals surface area contributed by atoms with Crippen molar-refractivity contribution < 1.29 is 14.0 Å². The molecule has 136 valence electrons. The lowest BCUT2D eigenvalue weighted by Gasteiger charge is -2.32. The van der Waals surface area contributed by atoms with E-state index in [4.69, 9.17) is 0 Å². The molecular formula is C21H23FN2O2. The second-order valence-corrected chi connectivity index (χ2v) is 6.75. The van der Waals surface area contributed by atoms with Crippen LogP contribution < -0.4 is 5.32 Å². The van der Waals surface area contributed by atoms with E-state index in [1.807, 2.05) is 31.2 Å². The molecule has 1 atom stereocenters. The van der Waals surface area contributed by atoms with Crippen LogP contribution in [-0.4, -0.2) is 23.3 Å². The van der Waals surface area contributed by atoms with Gasteiger partial charge in [-0.05, 0) is 30.5 Å². The number of hydrogen-bond acceptors (Lipinski definition) is 2. The lowest BCUT2D eigenvalue weighted by molar-refractivity contribution is -0.139. The van der Waals surface area contributed by atoms with Crippen molar-refractivity contribution >= 4 is 11.8 Å². The normalized spacial score (nSPS) is 17.2. The highest BCUT2D eigenvalue weighted by Gasteiger charge is 2.30. The van der Waals surface area contributed by atoms with E-state index >= 15 is 0 Å². The third kappa shape index (κ3) is 4.28. The fourth-order valence-corrected chi connectivity index (χ4v) is 3.25. The van der Waals surface area contributed by atoms with Crippen LogP contribution in [0, 0.1) is 18.7 Å². The molecule has 4 nitrogen and oxygen atoms in total. The van der Waals surface area contributed by atoms with Crippen molar-refractivity contribution in [3.63, 3.8) is 0 Å². The molecule has 5 heteroatoms. The molecule has 0 aliphatic carbocycles. The first-order chi connectivity index (χ1) is 12.5. The molecule has 2 aromatic rings. The summed E-state index contributed by atoms with van der Waals surface area (Å²) < 4.78 is 13.9. The number of nitrogens with one attached hydrogen (secondary N) is 1. The first-order valence-corrected chi connectivity index (χ1v) is 8.88. The molecule has 0 radical (unpaired) electrons. The molecule has 3 rings (SSSR count). The number of carbonyl (C=O) groups excluding carboxylic acids is 2. The number of carbonyl (C=O) groups is 2. The summed E-state index contributed by atoms with van der Waals surface area (Å²) in [6.07, 6.45) is 0.850. The summed E-state index contributed by atoms with van der Waals surface area (Å²) in [6, 6.07) is 14.3. The molecule has 2 amide bonds. The summed E-state index contributed by atoms with van der Waals surface area (Å²) in [7, 11) is 0. The second kappa shape index (κ2) is 8.13. The molecule has 0 aromatic heterocycles. The zero-order valence-corrected chi connectivity index (χ0v) is 14.9. The minimum Gasteiger partial charge on any atom is -0.352 e. The maximum Gasteiger partial charge on any atom is 0.225 e. The first-order valence-electron chi connectivity index (χ1n) is 8.88. The third-order valence-electron chi connectivity index (χ3n) is 4.90. The topological polar surface area (TPSA) is 49.4 Å². The van der Waals surface area contributed by atoms with E-state index in [-0.39, 0.29) is 30.1 Å². The van der Waals surface area contributed by atoms with E-state index in [0.717, 1.165) is 11.1 Å². The smallest absolute Gasteiger partial charge is 0.225 e. The zero-order chi connectivity index (χ0) is 18.5. The zero-order valence-electron chi connectivity index (χ0n) is 14.9. The van der Waals surface area contributed by atoms with Crippen molar-refractivity contribution in [3.8, 4) is 0 Å². The molecule has 1 saturated heterocycles. The van der Waals surface area contributed by atoms with Crippen LogP contribution in [0.15, 0.2) is 48.5 Å². The number of rotatable bonds is 5. The molecule has 1 heterocycles. The van der Waals surface area contributed by atoms with Gasteiger partial charge in [0.2, 0.25) is 11.8 Å². The largest absolute Gasteiger partial charge is 0.352 e. The van der Waals surface area contributed by atoms with Gasteiger partial charge in [0.1, 0.15) is 5.82 Å². The Morgan fingerprint density at radius 2 is 1.85 bits per heavy atom. The molecule has 1 aliphatic heterocycles. The minimum atomic E-state index is -0.327. The Kier molecular flexibility index (Phi) is 5.66. The predicted molar refractivity (Wildman–Crippen MR) is 97.6 cm³/mol. The van der Waals surface area contributed by atoms with Crippen LogP contribution in [0.3, 0.4) is 0 Å². The van der Waals surface area contributed by atoms with Crippen LogP contribution in [0.2, 0.25) is 0 Å². The van der Waals surface area contributed by atoms with Crippen molar-refractivity contribution in [3.05, 3.63) is 71.0 Å². The third-order valence-corrected chi connectivity index (χ3v) is 4.90. The van der Waals surface area contributed by atoms with Crippen LogP contribution in [0.25, 0.3) is 0 Å². The Hall–Kier alpha value is -2.69. The number of likely N-dealkylation sites (tertiary alicyclic amines) is 1. The van der Waals surface area contributed by atoms with Crippen molar-refractivity contribution in [1.29, 1.82) is 0 Å². The summed E-state index contributed by atoms with van der Waals surface area (Å²) in [4.78, 5) is 26.3. The van der Waals surface area contributed by atoms with Gasteiger partial charge in [-0.15, -0.1) is 0 Å². The summed E-state index contributed by atoms with van der Waals surface area (Å²) in [5.41, 5.74) is 2.69. The Labute approximate surface area is 153 Å². The van der Waals surface area contributed by atoms with Gasteiger partial charge in [-0.1, -0.05) is 42.5 Å². The van der Waals surface area contributed by atoms with Crippen molar-refractivity contribution in [2.45, 2.75) is 32.9 Å². The SMILES string of the molecule is Cc1ccccc1CNC(=O)C1CCC(=O)N(Cc2ccccc2F)C1. The molecule has 26 heavy (non-hydrogen) atoms. The Morgan fingerprint density at radius 1 is 1.15 bits per heavy atom. The van der Waals surface area contributed by atoms with Crippen LogP contribution >= 0.6 is 0 Å². The molecular weight excluding hydrogens is 331 g/mol. The number of amides is 2.